The first kappa shape index (κ1) is 94.9. The lowest BCUT2D eigenvalue weighted by molar-refractivity contribution is 0.0961. The molecule has 0 aliphatic carbocycles. The number of hydrogen-bond donors (Lipinski definition) is 7. The molecule has 12 heterocycles. The van der Waals surface area contributed by atoms with Crippen molar-refractivity contribution in [2.24, 2.45) is 11.5 Å². The van der Waals surface area contributed by atoms with E-state index in [2.05, 4.69) is 78.9 Å². The van der Waals surface area contributed by atoms with E-state index in [0.717, 1.165) is 94.8 Å². The zero-order valence-electron chi connectivity index (χ0n) is 79.6. The summed E-state index contributed by atoms with van der Waals surface area (Å²) in [6, 6.07) is 75.4. The fraction of sp³-hybridized carbons (Fsp3) is 0.138. The summed E-state index contributed by atoms with van der Waals surface area (Å²) in [5.41, 5.74) is 54.8. The number of benzene rings is 10. The number of nitrogens with zero attached hydrogens (tertiary/aromatic N) is 20. The number of aryl methyl sites for hydroxylation is 6. The molecule has 0 spiro atoms. The van der Waals surface area contributed by atoms with Crippen LogP contribution in [0.25, 0.3) is 138 Å². The number of aromatic nitrogens is 20. The maximum Gasteiger partial charge on any atom is 0.263 e. The zero-order chi connectivity index (χ0) is 101. The summed E-state index contributed by atoms with van der Waals surface area (Å²) < 4.78 is 28.8. The van der Waals surface area contributed by atoms with Gasteiger partial charge in [0.1, 0.15) is 75.2 Å². The van der Waals surface area contributed by atoms with Gasteiger partial charge in [-0.25, -0.2) is 63.0 Å². The fourth-order valence-electron chi connectivity index (χ4n) is 18.7. The number of pyridine rings is 4. The Kier molecular flexibility index (Phi) is 25.9. The molecule has 22 rings (SSSR count). The quantitative estimate of drug-likeness (QED) is 0.0392. The van der Waals surface area contributed by atoms with Gasteiger partial charge in [0, 0.05) is 70.2 Å². The number of nitrogens with one attached hydrogen (secondary N) is 1. The van der Waals surface area contributed by atoms with Crippen molar-refractivity contribution in [3.63, 3.8) is 0 Å². The first-order valence-electron chi connectivity index (χ1n) is 46.0. The maximum atomic E-state index is 14.2. The molecule has 22 aromatic rings. The number of para-hydroxylation sites is 3. The summed E-state index contributed by atoms with van der Waals surface area (Å²) in [5.74, 6) is -0.0136. The Balaban J connectivity index is 0.000000123. The van der Waals surface area contributed by atoms with Gasteiger partial charge in [-0.05, 0) is 211 Å². The van der Waals surface area contributed by atoms with E-state index in [1.165, 1.54) is 31.4 Å². The minimum absolute atomic E-state index is 0.0619. The lowest BCUT2D eigenvalue weighted by Crippen LogP contribution is -2.27. The molecule has 0 saturated carbocycles. The summed E-state index contributed by atoms with van der Waals surface area (Å²) >= 11 is 2.08. The van der Waals surface area contributed by atoms with Crippen LogP contribution in [0.2, 0.25) is 0 Å². The monoisotopic (exact) mass is 2020 g/mol. The molecule has 0 aliphatic rings. The van der Waals surface area contributed by atoms with Crippen LogP contribution in [0, 0.1) is 51.1 Å². The lowest BCUT2D eigenvalue weighted by atomic mass is 10.1. The molecule has 0 bridgehead atoms. The molecule has 144 heavy (non-hydrogen) atoms. The third kappa shape index (κ3) is 17.8. The Morgan fingerprint density at radius 2 is 0.694 bits per heavy atom. The molecule has 0 fully saturated rings. The Morgan fingerprint density at radius 1 is 0.361 bits per heavy atom. The molecule has 13 N–H and O–H groups in total. The SMILES string of the molecule is CC(C)n1c(Cn2nc(I)c3c(N)ncnc32)cc2cccc(F)c2c1=O.CNC(=O)c1cccc(-c2nn(Cc3cc4cccc(C)c4c(=O)n3-c3ccccc3C)c3ncnc(N)c23)c1.Cc1ccccc1-n1c(Cn2nc(-c3ccc(CN)cc3)c3c(N)ncnc32)cc2cccc(C)c2c1=O.Cc1ccccc1-n1c(Cn2nc(-c3cccc(C(N)=O)c3)c3c(N)ncnc32)cc2cccc(C)c2c1=O. The van der Waals surface area contributed by atoms with Crippen LogP contribution in [0.15, 0.2) is 287 Å². The predicted octanol–water partition coefficient (Wildman–Crippen LogP) is 16.1. The van der Waals surface area contributed by atoms with E-state index in [1.54, 1.807) is 92.6 Å². The summed E-state index contributed by atoms with van der Waals surface area (Å²) in [6.07, 6.45) is 5.61. The number of anilines is 4. The van der Waals surface area contributed by atoms with E-state index < -0.39 is 11.7 Å². The van der Waals surface area contributed by atoms with Crippen LogP contribution in [-0.4, -0.2) is 116 Å². The molecule has 0 unspecified atom stereocenters. The van der Waals surface area contributed by atoms with Crippen molar-refractivity contribution >= 4 is 145 Å². The molecular weight excluding hydrogens is 1930 g/mol. The van der Waals surface area contributed by atoms with Gasteiger partial charge in [0.05, 0.1) is 86.3 Å². The van der Waals surface area contributed by atoms with E-state index in [9.17, 15) is 33.2 Å². The number of carbonyl (C=O) groups excluding carboxylic acids is 2. The average molecular weight is 2030 g/mol. The molecule has 0 aliphatic heterocycles. The van der Waals surface area contributed by atoms with E-state index in [0.29, 0.717) is 146 Å². The molecular formula is C109H95FIN27O6. The van der Waals surface area contributed by atoms with Gasteiger partial charge in [0.15, 0.2) is 22.6 Å². The second-order valence-corrected chi connectivity index (χ2v) is 36.2. The highest BCUT2D eigenvalue weighted by molar-refractivity contribution is 14.1. The van der Waals surface area contributed by atoms with Gasteiger partial charge in [-0.15, -0.1) is 0 Å². The van der Waals surface area contributed by atoms with Gasteiger partial charge in [-0.2, -0.15) is 20.4 Å². The Morgan fingerprint density at radius 3 is 1.08 bits per heavy atom. The van der Waals surface area contributed by atoms with Crippen molar-refractivity contribution in [1.29, 1.82) is 0 Å². The number of hydrogen-bond acceptors (Lipinski definition) is 23. The molecule has 33 nitrogen and oxygen atoms in total. The van der Waals surface area contributed by atoms with Gasteiger partial charge in [0.25, 0.3) is 28.1 Å². The Labute approximate surface area is 834 Å². The number of carbonyl (C=O) groups is 2. The smallest absolute Gasteiger partial charge is 0.263 e. The summed E-state index contributed by atoms with van der Waals surface area (Å²) in [5, 5.41) is 29.7. The summed E-state index contributed by atoms with van der Waals surface area (Å²) in [7, 11) is 1.59. The van der Waals surface area contributed by atoms with Gasteiger partial charge < -0.3 is 44.3 Å². The molecule has 12 aromatic heterocycles. The van der Waals surface area contributed by atoms with Gasteiger partial charge in [-0.1, -0.05) is 170 Å². The van der Waals surface area contributed by atoms with Crippen LogP contribution in [0.1, 0.15) is 102 Å². The van der Waals surface area contributed by atoms with Crippen molar-refractivity contribution in [2.75, 3.05) is 30.0 Å². The van der Waals surface area contributed by atoms with Crippen LogP contribution >= 0.6 is 22.6 Å². The topological polar surface area (TPSA) is 465 Å². The first-order chi connectivity index (χ1) is 69.5. The predicted molar refractivity (Wildman–Crippen MR) is 570 cm³/mol. The van der Waals surface area contributed by atoms with Crippen molar-refractivity contribution in [3.8, 4) is 50.8 Å². The molecule has 35 heteroatoms. The Bertz CT molecular complexity index is 9220. The molecule has 716 valence electrons. The number of primary amides is 1. The van der Waals surface area contributed by atoms with Crippen LogP contribution < -0.4 is 62.0 Å². The third-order valence-electron chi connectivity index (χ3n) is 25.6. The minimum Gasteiger partial charge on any atom is -0.383 e. The third-order valence-corrected chi connectivity index (χ3v) is 26.4. The average Bonchev–Trinajstić information content (AvgIpc) is 1.45. The second kappa shape index (κ2) is 39.4. The van der Waals surface area contributed by atoms with Gasteiger partial charge in [0.2, 0.25) is 5.91 Å². The number of nitrogens with two attached hydrogens (primary N) is 6. The minimum atomic E-state index is -0.543. The standard InChI is InChI=1S/C31H27N7O2.C30H25N7O2.C30H27N7O.C18H16FIN6O/c1-18-8-4-5-13-24(18)38-23(15-20-10-6-9-19(2)25(20)31(38)40)16-37-29-26(28(32)34-17-35-29)27(36-37)21-11-7-12-22(14-21)30(39)33-3;1-17-7-3-4-12-23(17)37-22(14-19-9-5-8-18(2)24(19)30(37)39)15-36-29-25(27(31)33-16-34-29)26(35-36)20-10-6-11-21(13-20)28(32)38;1-18-6-3-4-9-24(18)37-23(14-22-8-5-7-19(2)25(22)30(37)38)16-36-29-26(28(32)33-17-34-29)27(35-36)21-12-10-20(15-31)11-13-21;1-9(2)26-11(6-10-4-3-5-12(19)13(10)18(26)27)7-25-17-14(15(20)24-25)16(21)22-8-23-17/h4-15,17H,16H2,1-3H3,(H,33,39)(H2,32,34,35);3-14,16H,15H2,1-2H3,(H2,32,38)(H2,31,33,34);3-14,17H,15-16,31H2,1-2H3,(H2,32,33,34);3-6,8-9H,7H2,1-2H3,(H2,21,22,23). The number of amides is 2. The van der Waals surface area contributed by atoms with Crippen LogP contribution in [0.5, 0.6) is 0 Å². The lowest BCUT2D eigenvalue weighted by Gasteiger charge is -2.18. The Hall–Kier alpha value is -18.0. The molecule has 0 radical (unpaired) electrons. The van der Waals surface area contributed by atoms with Gasteiger partial charge >= 0.3 is 0 Å². The number of fused-ring (bicyclic) bond motifs is 8. The van der Waals surface area contributed by atoms with Crippen LogP contribution in [0.4, 0.5) is 27.7 Å². The maximum absolute atomic E-state index is 14.2. The zero-order valence-corrected chi connectivity index (χ0v) is 81.8. The van der Waals surface area contributed by atoms with E-state index >= 15 is 0 Å². The summed E-state index contributed by atoms with van der Waals surface area (Å²) in [4.78, 5) is 114. The summed E-state index contributed by atoms with van der Waals surface area (Å²) in [6.45, 7) is 17.2. The molecule has 2 amide bonds. The number of halogens is 2. The van der Waals surface area contributed by atoms with Crippen molar-refractivity contribution in [3.05, 3.63) is 392 Å². The van der Waals surface area contributed by atoms with Gasteiger partial charge in [-0.3, -0.25) is 42.5 Å². The first-order valence-corrected chi connectivity index (χ1v) is 47.1. The molecule has 0 atom stereocenters. The van der Waals surface area contributed by atoms with E-state index in [-0.39, 0.29) is 64.3 Å². The van der Waals surface area contributed by atoms with Crippen LogP contribution in [-0.2, 0) is 32.7 Å². The number of nitrogen functional groups attached to an aromatic ring is 4. The highest BCUT2D eigenvalue weighted by atomic mass is 127. The molecule has 0 saturated heterocycles. The molecule has 10 aromatic carbocycles. The number of rotatable bonds is 18. The van der Waals surface area contributed by atoms with E-state index in [1.807, 2.05) is 237 Å². The highest BCUT2D eigenvalue weighted by Crippen LogP contribution is 2.38. The highest BCUT2D eigenvalue weighted by Gasteiger charge is 2.28. The van der Waals surface area contributed by atoms with Crippen molar-refractivity contribution in [1.82, 2.24) is 103 Å². The van der Waals surface area contributed by atoms with Crippen molar-refractivity contribution < 1.29 is 14.0 Å². The van der Waals surface area contributed by atoms with Crippen LogP contribution in [0.3, 0.4) is 0 Å². The fourth-order valence-corrected chi connectivity index (χ4v) is 19.5. The van der Waals surface area contributed by atoms with Crippen molar-refractivity contribution in [2.45, 2.75) is 94.2 Å². The largest absolute Gasteiger partial charge is 0.383 e. The van der Waals surface area contributed by atoms with E-state index in [4.69, 9.17) is 49.7 Å². The second-order valence-electron chi connectivity index (χ2n) is 35.2. The normalized spacial score (nSPS) is 11.4.